The summed E-state index contributed by atoms with van der Waals surface area (Å²) in [6, 6.07) is 18.1. The molecule has 0 amide bonds. The Morgan fingerprint density at radius 1 is 0.944 bits per heavy atom. The lowest BCUT2D eigenvalue weighted by Gasteiger charge is -2.06. The molecule has 0 atom stereocenters. The van der Waals surface area contributed by atoms with E-state index < -0.39 is 0 Å². The molecular formula is C14H10BrN3. The number of benzene rings is 2. The summed E-state index contributed by atoms with van der Waals surface area (Å²) >= 11 is 3.47. The van der Waals surface area contributed by atoms with Gasteiger partial charge in [0.05, 0.1) is 0 Å². The molecule has 0 radical (unpaired) electrons. The third kappa shape index (κ3) is 2.07. The number of hydrogen-bond acceptors (Lipinski definition) is 2. The van der Waals surface area contributed by atoms with Gasteiger partial charge >= 0.3 is 0 Å². The van der Waals surface area contributed by atoms with Crippen LogP contribution in [0.1, 0.15) is 0 Å². The van der Waals surface area contributed by atoms with Crippen molar-refractivity contribution in [3.8, 4) is 17.1 Å². The lowest BCUT2D eigenvalue weighted by atomic mass is 10.2. The fraction of sp³-hybridized carbons (Fsp3) is 0. The SMILES string of the molecule is Brc1cccc(-n2cnnc2-c2ccccc2)c1. The number of hydrogen-bond donors (Lipinski definition) is 0. The monoisotopic (exact) mass is 299 g/mol. The largest absolute Gasteiger partial charge is 0.282 e. The zero-order valence-corrected chi connectivity index (χ0v) is 11.1. The summed E-state index contributed by atoms with van der Waals surface area (Å²) in [6.45, 7) is 0. The number of aromatic nitrogens is 3. The molecule has 0 saturated carbocycles. The van der Waals surface area contributed by atoms with Crippen LogP contribution in [0.4, 0.5) is 0 Å². The summed E-state index contributed by atoms with van der Waals surface area (Å²) in [4.78, 5) is 0. The highest BCUT2D eigenvalue weighted by molar-refractivity contribution is 9.10. The van der Waals surface area contributed by atoms with Crippen LogP contribution in [0.3, 0.4) is 0 Å². The second-order valence-electron chi connectivity index (χ2n) is 3.87. The van der Waals surface area contributed by atoms with E-state index in [-0.39, 0.29) is 0 Å². The summed E-state index contributed by atoms with van der Waals surface area (Å²) in [7, 11) is 0. The molecule has 18 heavy (non-hydrogen) atoms. The van der Waals surface area contributed by atoms with Crippen LogP contribution in [-0.2, 0) is 0 Å². The van der Waals surface area contributed by atoms with Crippen LogP contribution < -0.4 is 0 Å². The van der Waals surface area contributed by atoms with Crippen LogP contribution in [0, 0.1) is 0 Å². The average Bonchev–Trinajstić information content (AvgIpc) is 2.89. The van der Waals surface area contributed by atoms with Crippen LogP contribution in [0.2, 0.25) is 0 Å². The Balaban J connectivity index is 2.13. The van der Waals surface area contributed by atoms with E-state index >= 15 is 0 Å². The Morgan fingerprint density at radius 3 is 2.56 bits per heavy atom. The van der Waals surface area contributed by atoms with Crippen molar-refractivity contribution in [2.24, 2.45) is 0 Å². The van der Waals surface area contributed by atoms with Gasteiger partial charge in [-0.2, -0.15) is 0 Å². The molecule has 88 valence electrons. The number of rotatable bonds is 2. The van der Waals surface area contributed by atoms with E-state index in [0.717, 1.165) is 21.5 Å². The van der Waals surface area contributed by atoms with E-state index in [1.807, 2.05) is 59.2 Å². The lowest BCUT2D eigenvalue weighted by molar-refractivity contribution is 1.06. The van der Waals surface area contributed by atoms with Crippen molar-refractivity contribution in [1.29, 1.82) is 0 Å². The van der Waals surface area contributed by atoms with Gasteiger partial charge in [0.1, 0.15) is 6.33 Å². The molecule has 3 nitrogen and oxygen atoms in total. The zero-order chi connectivity index (χ0) is 12.4. The predicted octanol–water partition coefficient (Wildman–Crippen LogP) is 3.70. The van der Waals surface area contributed by atoms with Crippen molar-refractivity contribution in [2.45, 2.75) is 0 Å². The molecular weight excluding hydrogens is 290 g/mol. The Kier molecular flexibility index (Phi) is 2.94. The van der Waals surface area contributed by atoms with Crippen molar-refractivity contribution in [1.82, 2.24) is 14.8 Å². The van der Waals surface area contributed by atoms with Crippen LogP contribution in [0.15, 0.2) is 65.4 Å². The van der Waals surface area contributed by atoms with Gasteiger partial charge < -0.3 is 0 Å². The maximum atomic E-state index is 4.19. The highest BCUT2D eigenvalue weighted by atomic mass is 79.9. The van der Waals surface area contributed by atoms with Crippen molar-refractivity contribution >= 4 is 15.9 Å². The minimum atomic E-state index is 0.841. The van der Waals surface area contributed by atoms with Gasteiger partial charge in [0.2, 0.25) is 0 Å². The molecule has 1 heterocycles. The normalized spacial score (nSPS) is 10.5. The molecule has 3 rings (SSSR count). The summed E-state index contributed by atoms with van der Waals surface area (Å²) in [5, 5.41) is 8.19. The third-order valence-electron chi connectivity index (χ3n) is 2.67. The predicted molar refractivity (Wildman–Crippen MR) is 74.5 cm³/mol. The van der Waals surface area contributed by atoms with E-state index in [1.165, 1.54) is 0 Å². The molecule has 0 saturated heterocycles. The van der Waals surface area contributed by atoms with Gasteiger partial charge in [0, 0.05) is 15.7 Å². The van der Waals surface area contributed by atoms with Crippen LogP contribution in [0.5, 0.6) is 0 Å². The summed E-state index contributed by atoms with van der Waals surface area (Å²) < 4.78 is 3.01. The molecule has 0 aliphatic carbocycles. The van der Waals surface area contributed by atoms with Crippen molar-refractivity contribution < 1.29 is 0 Å². The van der Waals surface area contributed by atoms with Gasteiger partial charge in [-0.3, -0.25) is 4.57 Å². The Labute approximate surface area is 113 Å². The quantitative estimate of drug-likeness (QED) is 0.722. The van der Waals surface area contributed by atoms with Crippen molar-refractivity contribution in [2.75, 3.05) is 0 Å². The molecule has 0 N–H and O–H groups in total. The Hall–Kier alpha value is -1.94. The summed E-state index contributed by atoms with van der Waals surface area (Å²) in [6.07, 6.45) is 1.73. The maximum absolute atomic E-state index is 4.19. The molecule has 0 aliphatic rings. The molecule has 4 heteroatoms. The second-order valence-corrected chi connectivity index (χ2v) is 4.79. The van der Waals surface area contributed by atoms with E-state index in [0.29, 0.717) is 0 Å². The van der Waals surface area contributed by atoms with Crippen LogP contribution in [0.25, 0.3) is 17.1 Å². The van der Waals surface area contributed by atoms with Gasteiger partial charge in [-0.25, -0.2) is 0 Å². The minimum absolute atomic E-state index is 0.841. The maximum Gasteiger partial charge on any atom is 0.168 e. The first-order chi connectivity index (χ1) is 8.84. The molecule has 2 aromatic carbocycles. The summed E-state index contributed by atoms with van der Waals surface area (Å²) in [5.41, 5.74) is 2.09. The van der Waals surface area contributed by atoms with Gasteiger partial charge in [0.25, 0.3) is 0 Å². The Morgan fingerprint density at radius 2 is 1.78 bits per heavy atom. The smallest absolute Gasteiger partial charge is 0.168 e. The van der Waals surface area contributed by atoms with Crippen molar-refractivity contribution in [3.63, 3.8) is 0 Å². The van der Waals surface area contributed by atoms with E-state index in [4.69, 9.17) is 0 Å². The van der Waals surface area contributed by atoms with Gasteiger partial charge in [0.15, 0.2) is 5.82 Å². The van der Waals surface area contributed by atoms with E-state index in [1.54, 1.807) is 6.33 Å². The molecule has 0 aliphatic heterocycles. The first-order valence-electron chi connectivity index (χ1n) is 5.56. The van der Waals surface area contributed by atoms with Gasteiger partial charge in [-0.15, -0.1) is 10.2 Å². The van der Waals surface area contributed by atoms with Crippen LogP contribution in [-0.4, -0.2) is 14.8 Å². The highest BCUT2D eigenvalue weighted by Crippen LogP contribution is 2.22. The molecule has 0 unspecified atom stereocenters. The number of nitrogens with zero attached hydrogens (tertiary/aromatic N) is 3. The molecule has 0 bridgehead atoms. The number of halogens is 1. The highest BCUT2D eigenvalue weighted by Gasteiger charge is 2.08. The Bertz CT molecular complexity index is 662. The van der Waals surface area contributed by atoms with Gasteiger partial charge in [-0.05, 0) is 18.2 Å². The topological polar surface area (TPSA) is 30.7 Å². The first-order valence-corrected chi connectivity index (χ1v) is 6.35. The van der Waals surface area contributed by atoms with Gasteiger partial charge in [-0.1, -0.05) is 52.3 Å². The standard InChI is InChI=1S/C14H10BrN3/c15-12-7-4-8-13(9-12)18-10-16-17-14(18)11-5-2-1-3-6-11/h1-10H. The lowest BCUT2D eigenvalue weighted by Crippen LogP contribution is -1.95. The molecule has 0 fully saturated rings. The van der Waals surface area contributed by atoms with Crippen molar-refractivity contribution in [3.05, 3.63) is 65.4 Å². The van der Waals surface area contributed by atoms with Crippen LogP contribution >= 0.6 is 15.9 Å². The molecule has 3 aromatic rings. The average molecular weight is 300 g/mol. The minimum Gasteiger partial charge on any atom is -0.282 e. The van der Waals surface area contributed by atoms with E-state index in [2.05, 4.69) is 26.1 Å². The molecule has 0 spiro atoms. The fourth-order valence-corrected chi connectivity index (χ4v) is 2.22. The third-order valence-corrected chi connectivity index (χ3v) is 3.16. The second kappa shape index (κ2) is 4.74. The fourth-order valence-electron chi connectivity index (χ4n) is 1.83. The van der Waals surface area contributed by atoms with E-state index in [9.17, 15) is 0 Å². The first kappa shape index (κ1) is 11.2. The summed E-state index contributed by atoms with van der Waals surface area (Å²) in [5.74, 6) is 0.841. The zero-order valence-electron chi connectivity index (χ0n) is 9.49. The molecule has 1 aromatic heterocycles.